The van der Waals surface area contributed by atoms with E-state index in [4.69, 9.17) is 0 Å². The van der Waals surface area contributed by atoms with Gasteiger partial charge in [0.05, 0.1) is 10.2 Å². The first-order valence-electron chi connectivity index (χ1n) is 7.93. The van der Waals surface area contributed by atoms with Gasteiger partial charge in [-0.1, -0.05) is 60.7 Å². The number of thiazole rings is 1. The molecule has 0 spiro atoms. The zero-order chi connectivity index (χ0) is 16.5. The predicted molar refractivity (Wildman–Crippen MR) is 101 cm³/mol. The van der Waals surface area contributed by atoms with Crippen LogP contribution in [0.2, 0.25) is 0 Å². The number of rotatable bonds is 3. The number of hydrogen-bond acceptors (Lipinski definition) is 3. The van der Waals surface area contributed by atoms with Crippen molar-refractivity contribution in [1.29, 1.82) is 0 Å². The summed E-state index contributed by atoms with van der Waals surface area (Å²) in [5.74, 6) is -0.124. The lowest BCUT2D eigenvalue weighted by atomic mass is 10.0. The highest BCUT2D eigenvalue weighted by atomic mass is 32.1. The Labute approximate surface area is 144 Å². The van der Waals surface area contributed by atoms with E-state index >= 15 is 0 Å². The van der Waals surface area contributed by atoms with E-state index in [1.54, 1.807) is 0 Å². The Balaban J connectivity index is 1.68. The van der Waals surface area contributed by atoms with Crippen molar-refractivity contribution in [2.75, 3.05) is 5.32 Å². The number of hydrogen-bond donors (Lipinski definition) is 1. The number of amides is 1. The monoisotopic (exact) mass is 332 g/mol. The molecule has 3 nitrogen and oxygen atoms in total. The van der Waals surface area contributed by atoms with Crippen LogP contribution in [0.1, 0.15) is 22.8 Å². The van der Waals surface area contributed by atoms with Crippen LogP contribution in [-0.4, -0.2) is 10.9 Å². The molecule has 4 heteroatoms. The molecule has 4 aromatic rings. The van der Waals surface area contributed by atoms with Gasteiger partial charge < -0.3 is 0 Å². The van der Waals surface area contributed by atoms with Gasteiger partial charge in [-0.3, -0.25) is 10.1 Å². The fourth-order valence-corrected chi connectivity index (χ4v) is 3.75. The van der Waals surface area contributed by atoms with Crippen LogP contribution >= 0.6 is 11.3 Å². The Morgan fingerprint density at radius 1 is 1.08 bits per heavy atom. The summed E-state index contributed by atoms with van der Waals surface area (Å²) < 4.78 is 1.10. The van der Waals surface area contributed by atoms with Gasteiger partial charge in [-0.2, -0.15) is 0 Å². The molecular formula is C20H16N2OS. The van der Waals surface area contributed by atoms with Crippen LogP contribution < -0.4 is 5.32 Å². The minimum Gasteiger partial charge on any atom is -0.298 e. The highest BCUT2D eigenvalue weighted by molar-refractivity contribution is 7.22. The third-order valence-electron chi connectivity index (χ3n) is 4.12. The van der Waals surface area contributed by atoms with E-state index in [1.807, 2.05) is 48.5 Å². The third-order valence-corrected chi connectivity index (χ3v) is 5.05. The van der Waals surface area contributed by atoms with E-state index in [9.17, 15) is 4.79 Å². The maximum Gasteiger partial charge on any atom is 0.258 e. The van der Waals surface area contributed by atoms with E-state index in [2.05, 4.69) is 29.4 Å². The molecule has 1 aromatic heterocycles. The standard InChI is InChI=1S/C20H16N2OS/c1-2-13-10-11-17-18(12-13)24-20(21-17)22-19(23)16-9-5-7-14-6-3-4-8-15(14)16/h3-12H,2H2,1H3,(H,21,22,23). The van der Waals surface area contributed by atoms with Crippen molar-refractivity contribution in [3.63, 3.8) is 0 Å². The lowest BCUT2D eigenvalue weighted by molar-refractivity contribution is 0.102. The minimum atomic E-state index is -0.124. The van der Waals surface area contributed by atoms with Crippen molar-refractivity contribution in [3.8, 4) is 0 Å². The molecule has 1 amide bonds. The van der Waals surface area contributed by atoms with Crippen molar-refractivity contribution in [3.05, 3.63) is 71.8 Å². The molecular weight excluding hydrogens is 316 g/mol. The lowest BCUT2D eigenvalue weighted by Gasteiger charge is -2.05. The molecule has 24 heavy (non-hydrogen) atoms. The zero-order valence-corrected chi connectivity index (χ0v) is 14.1. The molecule has 0 aliphatic heterocycles. The zero-order valence-electron chi connectivity index (χ0n) is 13.2. The molecule has 1 heterocycles. The van der Waals surface area contributed by atoms with Gasteiger partial charge in [-0.25, -0.2) is 4.98 Å². The highest BCUT2D eigenvalue weighted by Crippen LogP contribution is 2.28. The lowest BCUT2D eigenvalue weighted by Crippen LogP contribution is -2.12. The molecule has 0 radical (unpaired) electrons. The molecule has 4 rings (SSSR count). The maximum atomic E-state index is 12.7. The number of carbonyl (C=O) groups is 1. The largest absolute Gasteiger partial charge is 0.298 e. The summed E-state index contributed by atoms with van der Waals surface area (Å²) in [5.41, 5.74) is 2.87. The molecule has 0 bridgehead atoms. The van der Waals surface area contributed by atoms with Crippen LogP contribution in [0.3, 0.4) is 0 Å². The number of aryl methyl sites for hydroxylation is 1. The fourth-order valence-electron chi connectivity index (χ4n) is 2.83. The van der Waals surface area contributed by atoms with Crippen molar-refractivity contribution in [2.45, 2.75) is 13.3 Å². The Morgan fingerprint density at radius 3 is 2.79 bits per heavy atom. The molecule has 0 atom stereocenters. The molecule has 0 fully saturated rings. The summed E-state index contributed by atoms with van der Waals surface area (Å²) in [4.78, 5) is 17.2. The molecule has 0 unspecified atom stereocenters. The molecule has 0 aliphatic rings. The third kappa shape index (κ3) is 2.65. The minimum absolute atomic E-state index is 0.124. The van der Waals surface area contributed by atoms with Crippen LogP contribution in [-0.2, 0) is 6.42 Å². The maximum absolute atomic E-state index is 12.7. The van der Waals surface area contributed by atoms with Crippen LogP contribution in [0.15, 0.2) is 60.7 Å². The summed E-state index contributed by atoms with van der Waals surface area (Å²) in [5, 5.41) is 5.59. The summed E-state index contributed by atoms with van der Waals surface area (Å²) in [6.45, 7) is 2.13. The first-order chi connectivity index (χ1) is 11.7. The van der Waals surface area contributed by atoms with Crippen LogP contribution in [0, 0.1) is 0 Å². The molecule has 0 aliphatic carbocycles. The first-order valence-corrected chi connectivity index (χ1v) is 8.75. The number of anilines is 1. The SMILES string of the molecule is CCc1ccc2nc(NC(=O)c3cccc4ccccc34)sc2c1. The number of benzene rings is 3. The Kier molecular flexibility index (Phi) is 3.75. The van der Waals surface area contributed by atoms with Gasteiger partial charge in [0.1, 0.15) is 0 Å². The molecule has 0 saturated heterocycles. The van der Waals surface area contributed by atoms with E-state index in [0.29, 0.717) is 10.7 Å². The fraction of sp³-hybridized carbons (Fsp3) is 0.100. The van der Waals surface area contributed by atoms with Gasteiger partial charge in [-0.05, 0) is 41.0 Å². The smallest absolute Gasteiger partial charge is 0.258 e. The predicted octanol–water partition coefficient (Wildman–Crippen LogP) is 5.26. The van der Waals surface area contributed by atoms with Gasteiger partial charge in [-0.15, -0.1) is 0 Å². The van der Waals surface area contributed by atoms with Crippen molar-refractivity contribution in [2.24, 2.45) is 0 Å². The number of carbonyl (C=O) groups excluding carboxylic acids is 1. The van der Waals surface area contributed by atoms with E-state index in [0.717, 1.165) is 27.4 Å². The quantitative estimate of drug-likeness (QED) is 0.556. The Hall–Kier alpha value is -2.72. The highest BCUT2D eigenvalue weighted by Gasteiger charge is 2.12. The summed E-state index contributed by atoms with van der Waals surface area (Å²) in [6, 6.07) is 19.9. The average Bonchev–Trinajstić information content (AvgIpc) is 3.02. The molecule has 0 saturated carbocycles. The second-order valence-electron chi connectivity index (χ2n) is 5.66. The van der Waals surface area contributed by atoms with Gasteiger partial charge in [0.25, 0.3) is 5.91 Å². The summed E-state index contributed by atoms with van der Waals surface area (Å²) >= 11 is 1.51. The Bertz CT molecular complexity index is 1050. The number of fused-ring (bicyclic) bond motifs is 2. The van der Waals surface area contributed by atoms with Gasteiger partial charge >= 0.3 is 0 Å². The topological polar surface area (TPSA) is 42.0 Å². The van der Waals surface area contributed by atoms with Crippen molar-refractivity contribution in [1.82, 2.24) is 4.98 Å². The van der Waals surface area contributed by atoms with E-state index in [1.165, 1.54) is 16.9 Å². The molecule has 1 N–H and O–H groups in total. The van der Waals surface area contributed by atoms with Gasteiger partial charge in [0.15, 0.2) is 5.13 Å². The van der Waals surface area contributed by atoms with Gasteiger partial charge in [0, 0.05) is 5.56 Å². The van der Waals surface area contributed by atoms with Crippen molar-refractivity contribution >= 4 is 43.4 Å². The van der Waals surface area contributed by atoms with Crippen molar-refractivity contribution < 1.29 is 4.79 Å². The second kappa shape index (κ2) is 6.06. The second-order valence-corrected chi connectivity index (χ2v) is 6.69. The van der Waals surface area contributed by atoms with Crippen LogP contribution in [0.4, 0.5) is 5.13 Å². The normalized spacial score (nSPS) is 11.0. The van der Waals surface area contributed by atoms with Crippen LogP contribution in [0.5, 0.6) is 0 Å². The summed E-state index contributed by atoms with van der Waals surface area (Å²) in [7, 11) is 0. The number of nitrogens with zero attached hydrogens (tertiary/aromatic N) is 1. The van der Waals surface area contributed by atoms with E-state index in [-0.39, 0.29) is 5.91 Å². The van der Waals surface area contributed by atoms with Gasteiger partial charge in [0.2, 0.25) is 0 Å². The number of aromatic nitrogens is 1. The first kappa shape index (κ1) is 14.8. The van der Waals surface area contributed by atoms with E-state index < -0.39 is 0 Å². The molecule has 118 valence electrons. The average molecular weight is 332 g/mol. The summed E-state index contributed by atoms with van der Waals surface area (Å²) in [6.07, 6.45) is 0.992. The van der Waals surface area contributed by atoms with Crippen LogP contribution in [0.25, 0.3) is 21.0 Å². The Morgan fingerprint density at radius 2 is 1.92 bits per heavy atom. The molecule has 3 aromatic carbocycles. The number of nitrogens with one attached hydrogen (secondary N) is 1.